The Labute approximate surface area is 297 Å². The second kappa shape index (κ2) is 39.9. The largest absolute Gasteiger partial charge is 0.466 e. The lowest BCUT2D eigenvalue weighted by atomic mass is 9.89. The van der Waals surface area contributed by atoms with Crippen molar-refractivity contribution in [3.8, 4) is 0 Å². The molecule has 0 aliphatic carbocycles. The maximum atomic E-state index is 12.2. The molecule has 0 aromatic carbocycles. The maximum absolute atomic E-state index is 12.2. The van der Waals surface area contributed by atoms with Crippen molar-refractivity contribution in [2.45, 2.75) is 245 Å². The van der Waals surface area contributed by atoms with Crippen molar-refractivity contribution in [1.29, 1.82) is 0 Å². The van der Waals surface area contributed by atoms with Crippen molar-refractivity contribution in [1.82, 2.24) is 4.90 Å². The van der Waals surface area contributed by atoms with E-state index in [9.17, 15) is 4.79 Å². The molecule has 0 aliphatic rings. The highest BCUT2D eigenvalue weighted by molar-refractivity contribution is 5.69. The standard InChI is InChI=1S/C44H89NO2/c1-5-7-9-11-13-15-17-19-21-23-25-27-29-31-37-43(39-33-34-40-44(46)47-42-36-35-41-45(3)4)38-32-30-28-26-24-22-20-18-16-14-12-10-8-6-2/h43H,5-42H2,1-4H3. The third-order valence-electron chi connectivity index (χ3n) is 10.4. The van der Waals surface area contributed by atoms with Crippen LogP contribution in [0.15, 0.2) is 0 Å². The predicted molar refractivity (Wildman–Crippen MR) is 211 cm³/mol. The van der Waals surface area contributed by atoms with Gasteiger partial charge in [-0.15, -0.1) is 0 Å². The van der Waals surface area contributed by atoms with Gasteiger partial charge in [-0.2, -0.15) is 0 Å². The van der Waals surface area contributed by atoms with Gasteiger partial charge in [0, 0.05) is 6.42 Å². The van der Waals surface area contributed by atoms with E-state index >= 15 is 0 Å². The summed E-state index contributed by atoms with van der Waals surface area (Å²) in [6, 6.07) is 0. The van der Waals surface area contributed by atoms with E-state index in [1.54, 1.807) is 0 Å². The van der Waals surface area contributed by atoms with Crippen LogP contribution in [0.4, 0.5) is 0 Å². The molecular weight excluding hydrogens is 574 g/mol. The minimum atomic E-state index is 0.0188. The Balaban J connectivity index is 4.02. The molecule has 0 heterocycles. The van der Waals surface area contributed by atoms with Gasteiger partial charge in [-0.05, 0) is 45.8 Å². The van der Waals surface area contributed by atoms with Crippen molar-refractivity contribution in [2.75, 3.05) is 27.2 Å². The normalized spacial score (nSPS) is 11.7. The van der Waals surface area contributed by atoms with Gasteiger partial charge in [0.15, 0.2) is 0 Å². The molecule has 0 amide bonds. The summed E-state index contributed by atoms with van der Waals surface area (Å²) in [6.45, 7) is 6.27. The first-order valence-electron chi connectivity index (χ1n) is 21.9. The summed E-state index contributed by atoms with van der Waals surface area (Å²) >= 11 is 0. The summed E-state index contributed by atoms with van der Waals surface area (Å²) in [5.41, 5.74) is 0. The van der Waals surface area contributed by atoms with Gasteiger partial charge in [0.2, 0.25) is 0 Å². The van der Waals surface area contributed by atoms with Gasteiger partial charge in [0.25, 0.3) is 0 Å². The molecule has 0 bridgehead atoms. The molecule has 0 fully saturated rings. The fraction of sp³-hybridized carbons (Fsp3) is 0.977. The van der Waals surface area contributed by atoms with Gasteiger partial charge < -0.3 is 9.64 Å². The predicted octanol–water partition coefficient (Wildman–Crippen LogP) is 14.8. The van der Waals surface area contributed by atoms with Crippen molar-refractivity contribution in [3.05, 3.63) is 0 Å². The lowest BCUT2D eigenvalue weighted by Gasteiger charge is -2.17. The monoisotopic (exact) mass is 664 g/mol. The Hall–Kier alpha value is -0.570. The molecule has 0 saturated heterocycles. The molecule has 0 radical (unpaired) electrons. The van der Waals surface area contributed by atoms with Crippen LogP contribution in [0.3, 0.4) is 0 Å². The van der Waals surface area contributed by atoms with Gasteiger partial charge in [0.05, 0.1) is 6.61 Å². The van der Waals surface area contributed by atoms with E-state index in [0.29, 0.717) is 13.0 Å². The first kappa shape index (κ1) is 46.4. The number of carbonyl (C=O) groups is 1. The summed E-state index contributed by atoms with van der Waals surface area (Å²) in [7, 11) is 4.19. The Bertz CT molecular complexity index is 559. The average Bonchev–Trinajstić information content (AvgIpc) is 3.06. The summed E-state index contributed by atoms with van der Waals surface area (Å²) in [6.07, 6.45) is 49.3. The lowest BCUT2D eigenvalue weighted by molar-refractivity contribution is -0.143. The number of rotatable bonds is 40. The Morgan fingerprint density at radius 3 is 1.09 bits per heavy atom. The molecule has 0 atom stereocenters. The zero-order valence-corrected chi connectivity index (χ0v) is 33.2. The number of nitrogens with zero attached hydrogens (tertiary/aromatic N) is 1. The van der Waals surface area contributed by atoms with Gasteiger partial charge in [-0.1, -0.05) is 219 Å². The van der Waals surface area contributed by atoms with Crippen molar-refractivity contribution < 1.29 is 9.53 Å². The SMILES string of the molecule is CCCCCCCCCCCCCCCCC(CCCCCCCCCCCCCCCC)CCCCC(=O)OCCCCN(C)C. The lowest BCUT2D eigenvalue weighted by Crippen LogP contribution is -2.14. The van der Waals surface area contributed by atoms with Crippen LogP contribution in [0.1, 0.15) is 245 Å². The van der Waals surface area contributed by atoms with E-state index in [-0.39, 0.29) is 5.97 Å². The van der Waals surface area contributed by atoms with Gasteiger partial charge >= 0.3 is 5.97 Å². The van der Waals surface area contributed by atoms with Crippen molar-refractivity contribution >= 4 is 5.97 Å². The summed E-state index contributed by atoms with van der Waals surface area (Å²) in [5.74, 6) is 0.886. The smallest absolute Gasteiger partial charge is 0.305 e. The minimum absolute atomic E-state index is 0.0188. The van der Waals surface area contributed by atoms with Crippen LogP contribution in [0.5, 0.6) is 0 Å². The number of hydrogen-bond acceptors (Lipinski definition) is 3. The molecule has 0 aliphatic heterocycles. The van der Waals surface area contributed by atoms with Crippen LogP contribution in [0, 0.1) is 5.92 Å². The van der Waals surface area contributed by atoms with Crippen LogP contribution >= 0.6 is 0 Å². The Kier molecular flexibility index (Phi) is 39.4. The Morgan fingerprint density at radius 1 is 0.426 bits per heavy atom. The Morgan fingerprint density at radius 2 is 0.745 bits per heavy atom. The van der Waals surface area contributed by atoms with E-state index in [2.05, 4.69) is 32.8 Å². The molecule has 47 heavy (non-hydrogen) atoms. The third-order valence-corrected chi connectivity index (χ3v) is 10.4. The molecule has 0 aromatic heterocycles. The van der Waals surface area contributed by atoms with E-state index in [0.717, 1.165) is 31.7 Å². The van der Waals surface area contributed by atoms with Gasteiger partial charge in [-0.25, -0.2) is 0 Å². The molecule has 0 aromatic rings. The number of unbranched alkanes of at least 4 members (excludes halogenated alkanes) is 28. The van der Waals surface area contributed by atoms with Crippen LogP contribution in [0.2, 0.25) is 0 Å². The van der Waals surface area contributed by atoms with Crippen LogP contribution < -0.4 is 0 Å². The van der Waals surface area contributed by atoms with E-state index < -0.39 is 0 Å². The molecule has 0 saturated carbocycles. The van der Waals surface area contributed by atoms with Crippen LogP contribution in [-0.2, 0) is 9.53 Å². The highest BCUT2D eigenvalue weighted by atomic mass is 16.5. The fourth-order valence-corrected chi connectivity index (χ4v) is 7.18. The van der Waals surface area contributed by atoms with Crippen molar-refractivity contribution in [2.24, 2.45) is 5.92 Å². The number of ether oxygens (including phenoxy) is 1. The molecule has 3 nitrogen and oxygen atoms in total. The average molecular weight is 664 g/mol. The van der Waals surface area contributed by atoms with E-state index in [4.69, 9.17) is 4.74 Å². The zero-order chi connectivity index (χ0) is 34.3. The molecule has 0 unspecified atom stereocenters. The molecule has 3 heteroatoms. The second-order valence-corrected chi connectivity index (χ2v) is 15.6. The molecular formula is C44H89NO2. The molecule has 0 spiro atoms. The maximum Gasteiger partial charge on any atom is 0.305 e. The van der Waals surface area contributed by atoms with Gasteiger partial charge in [0.1, 0.15) is 0 Å². The van der Waals surface area contributed by atoms with E-state index in [1.807, 2.05) is 0 Å². The number of carbonyl (C=O) groups excluding carboxylic acids is 1. The molecule has 282 valence electrons. The van der Waals surface area contributed by atoms with Gasteiger partial charge in [-0.3, -0.25) is 4.79 Å². The van der Waals surface area contributed by atoms with Crippen LogP contribution in [0.25, 0.3) is 0 Å². The molecule has 0 N–H and O–H groups in total. The highest BCUT2D eigenvalue weighted by Crippen LogP contribution is 2.25. The first-order chi connectivity index (χ1) is 23.1. The topological polar surface area (TPSA) is 29.5 Å². The fourth-order valence-electron chi connectivity index (χ4n) is 7.18. The van der Waals surface area contributed by atoms with Crippen molar-refractivity contribution in [3.63, 3.8) is 0 Å². The summed E-state index contributed by atoms with van der Waals surface area (Å²) < 4.78 is 5.49. The zero-order valence-electron chi connectivity index (χ0n) is 33.2. The minimum Gasteiger partial charge on any atom is -0.466 e. The van der Waals surface area contributed by atoms with E-state index in [1.165, 1.54) is 205 Å². The summed E-state index contributed by atoms with van der Waals surface area (Å²) in [5, 5.41) is 0. The molecule has 0 rings (SSSR count). The van der Waals surface area contributed by atoms with Crippen LogP contribution in [-0.4, -0.2) is 38.1 Å². The number of esters is 1. The second-order valence-electron chi connectivity index (χ2n) is 15.6. The highest BCUT2D eigenvalue weighted by Gasteiger charge is 2.10. The first-order valence-corrected chi connectivity index (χ1v) is 21.9. The third kappa shape index (κ3) is 39.7. The summed E-state index contributed by atoms with van der Waals surface area (Å²) in [4.78, 5) is 14.4. The number of hydrogen-bond donors (Lipinski definition) is 0. The quantitative estimate of drug-likeness (QED) is 0.0482.